The molecule has 0 aliphatic carbocycles. The Bertz CT molecular complexity index is 604. The normalized spacial score (nSPS) is 17.7. The van der Waals surface area contributed by atoms with Gasteiger partial charge in [-0.2, -0.15) is 0 Å². The Kier molecular flexibility index (Phi) is 6.56. The molecule has 1 aliphatic heterocycles. The van der Waals surface area contributed by atoms with Gasteiger partial charge in [0.2, 0.25) is 0 Å². The van der Waals surface area contributed by atoms with Crippen molar-refractivity contribution in [1.82, 2.24) is 9.80 Å². The van der Waals surface area contributed by atoms with Crippen molar-refractivity contribution in [3.05, 3.63) is 35.9 Å². The Morgan fingerprint density at radius 3 is 2.39 bits per heavy atom. The molecule has 7 heteroatoms. The van der Waals surface area contributed by atoms with E-state index in [0.717, 1.165) is 39.1 Å². The van der Waals surface area contributed by atoms with E-state index in [1.807, 2.05) is 18.2 Å². The fraction of sp³-hybridized carbons (Fsp3) is 0.562. The zero-order valence-corrected chi connectivity index (χ0v) is 14.0. The van der Waals surface area contributed by atoms with Gasteiger partial charge < -0.3 is 10.0 Å². The molecule has 2 rings (SSSR count). The molecule has 6 nitrogen and oxygen atoms in total. The fourth-order valence-electron chi connectivity index (χ4n) is 2.78. The van der Waals surface area contributed by atoms with Crippen molar-refractivity contribution >= 4 is 15.8 Å². The lowest BCUT2D eigenvalue weighted by molar-refractivity contribution is -0.134. The lowest BCUT2D eigenvalue weighted by Gasteiger charge is -2.21. The van der Waals surface area contributed by atoms with Gasteiger partial charge in [-0.25, -0.2) is 8.42 Å². The van der Waals surface area contributed by atoms with Crippen molar-refractivity contribution < 1.29 is 18.3 Å². The van der Waals surface area contributed by atoms with Gasteiger partial charge in [-0.05, 0) is 25.1 Å². The molecule has 1 fully saturated rings. The van der Waals surface area contributed by atoms with Gasteiger partial charge >= 0.3 is 5.97 Å². The Labute approximate surface area is 137 Å². The maximum absolute atomic E-state index is 11.7. The van der Waals surface area contributed by atoms with Gasteiger partial charge in [-0.15, -0.1) is 0 Å². The van der Waals surface area contributed by atoms with Gasteiger partial charge in [-0.3, -0.25) is 9.69 Å². The molecule has 128 valence electrons. The van der Waals surface area contributed by atoms with Crippen molar-refractivity contribution in [3.63, 3.8) is 0 Å². The zero-order chi connectivity index (χ0) is 16.7. The van der Waals surface area contributed by atoms with Gasteiger partial charge in [0, 0.05) is 26.2 Å². The number of aliphatic carboxylic acids is 1. The van der Waals surface area contributed by atoms with Crippen molar-refractivity contribution in [1.29, 1.82) is 0 Å². The second-order valence-corrected chi connectivity index (χ2v) is 8.13. The van der Waals surface area contributed by atoms with Gasteiger partial charge in [-0.1, -0.05) is 30.3 Å². The molecule has 0 spiro atoms. The van der Waals surface area contributed by atoms with Crippen LogP contribution in [-0.4, -0.2) is 73.5 Å². The summed E-state index contributed by atoms with van der Waals surface area (Å²) in [5, 5.41) is 8.61. The zero-order valence-electron chi connectivity index (χ0n) is 13.2. The highest BCUT2D eigenvalue weighted by Gasteiger charge is 2.20. The van der Waals surface area contributed by atoms with E-state index in [1.54, 1.807) is 0 Å². The number of hydrogen-bond donors (Lipinski definition) is 1. The highest BCUT2D eigenvalue weighted by atomic mass is 32.2. The Balaban J connectivity index is 1.78. The molecule has 0 aromatic heterocycles. The van der Waals surface area contributed by atoms with Crippen molar-refractivity contribution in [2.75, 3.05) is 44.2 Å². The lowest BCUT2D eigenvalue weighted by atomic mass is 10.2. The minimum absolute atomic E-state index is 0.0853. The summed E-state index contributed by atoms with van der Waals surface area (Å²) >= 11 is 0. The summed E-state index contributed by atoms with van der Waals surface area (Å²) in [5.41, 5.74) is 1.28. The molecular formula is C16H24N2O4S. The number of carbonyl (C=O) groups is 1. The van der Waals surface area contributed by atoms with Crippen LogP contribution in [0.15, 0.2) is 30.3 Å². The molecule has 0 amide bonds. The van der Waals surface area contributed by atoms with Crippen LogP contribution in [-0.2, 0) is 21.2 Å². The van der Waals surface area contributed by atoms with Crippen LogP contribution in [0.3, 0.4) is 0 Å². The smallest absolute Gasteiger partial charge is 0.318 e. The summed E-state index contributed by atoms with van der Waals surface area (Å²) < 4.78 is 23.3. The molecular weight excluding hydrogens is 316 g/mol. The first-order valence-electron chi connectivity index (χ1n) is 7.85. The third-order valence-electron chi connectivity index (χ3n) is 3.99. The van der Waals surface area contributed by atoms with Crippen LogP contribution in [0.4, 0.5) is 0 Å². The van der Waals surface area contributed by atoms with Gasteiger partial charge in [0.1, 0.15) is 5.75 Å². The molecule has 0 atom stereocenters. The molecule has 0 unspecified atom stereocenters. The maximum atomic E-state index is 11.7. The summed E-state index contributed by atoms with van der Waals surface area (Å²) in [4.78, 5) is 15.0. The van der Waals surface area contributed by atoms with E-state index < -0.39 is 21.6 Å². The van der Waals surface area contributed by atoms with E-state index >= 15 is 0 Å². The molecule has 1 saturated heterocycles. The number of benzene rings is 1. The summed E-state index contributed by atoms with van der Waals surface area (Å²) in [7, 11) is -3.51. The topological polar surface area (TPSA) is 77.9 Å². The highest BCUT2D eigenvalue weighted by Crippen LogP contribution is 2.09. The van der Waals surface area contributed by atoms with E-state index in [-0.39, 0.29) is 5.75 Å². The number of carboxylic acid groups (broad SMARTS) is 1. The average molecular weight is 340 g/mol. The maximum Gasteiger partial charge on any atom is 0.318 e. The number of hydrogen-bond acceptors (Lipinski definition) is 5. The Morgan fingerprint density at radius 1 is 1.04 bits per heavy atom. The van der Waals surface area contributed by atoms with Crippen LogP contribution in [0, 0.1) is 0 Å². The second kappa shape index (κ2) is 8.42. The average Bonchev–Trinajstić information content (AvgIpc) is 2.70. The number of rotatable bonds is 7. The first-order chi connectivity index (χ1) is 10.9. The van der Waals surface area contributed by atoms with E-state index in [9.17, 15) is 13.2 Å². The van der Waals surface area contributed by atoms with Crippen LogP contribution in [0.1, 0.15) is 12.0 Å². The minimum atomic E-state index is -3.51. The standard InChI is InChI=1S/C16H24N2O4S/c19-16(20)14-23(21,22)12-11-17-7-4-8-18(10-9-17)13-15-5-2-1-3-6-15/h1-3,5-6H,4,7-14H2,(H,19,20). The third kappa shape index (κ3) is 6.68. The molecule has 1 aromatic rings. The largest absolute Gasteiger partial charge is 0.480 e. The predicted octanol–water partition coefficient (Wildman–Crippen LogP) is 0.694. The monoisotopic (exact) mass is 340 g/mol. The lowest BCUT2D eigenvalue weighted by Crippen LogP contribution is -2.34. The molecule has 0 radical (unpaired) electrons. The van der Waals surface area contributed by atoms with Crippen molar-refractivity contribution in [3.8, 4) is 0 Å². The summed E-state index contributed by atoms with van der Waals surface area (Å²) in [6.07, 6.45) is 0.992. The van der Waals surface area contributed by atoms with E-state index in [4.69, 9.17) is 5.11 Å². The van der Waals surface area contributed by atoms with E-state index in [2.05, 4.69) is 21.9 Å². The number of nitrogens with zero attached hydrogens (tertiary/aromatic N) is 2. The first kappa shape index (κ1) is 17.9. The van der Waals surface area contributed by atoms with E-state index in [1.165, 1.54) is 5.56 Å². The fourth-order valence-corrected chi connectivity index (χ4v) is 3.83. The number of carboxylic acids is 1. The third-order valence-corrected chi connectivity index (χ3v) is 5.48. The van der Waals surface area contributed by atoms with Crippen molar-refractivity contribution in [2.24, 2.45) is 0 Å². The SMILES string of the molecule is O=C(O)CS(=O)(=O)CCN1CCCN(Cc2ccccc2)CC1. The predicted molar refractivity (Wildman–Crippen MR) is 89.1 cm³/mol. The van der Waals surface area contributed by atoms with Crippen LogP contribution in [0.2, 0.25) is 0 Å². The molecule has 0 saturated carbocycles. The first-order valence-corrected chi connectivity index (χ1v) is 9.67. The van der Waals surface area contributed by atoms with Gasteiger partial charge in [0.05, 0.1) is 5.75 Å². The minimum Gasteiger partial charge on any atom is -0.480 e. The molecule has 1 heterocycles. The van der Waals surface area contributed by atoms with Crippen LogP contribution >= 0.6 is 0 Å². The van der Waals surface area contributed by atoms with E-state index in [0.29, 0.717) is 6.54 Å². The van der Waals surface area contributed by atoms with Crippen molar-refractivity contribution in [2.45, 2.75) is 13.0 Å². The highest BCUT2D eigenvalue weighted by molar-refractivity contribution is 7.92. The Morgan fingerprint density at radius 2 is 1.70 bits per heavy atom. The van der Waals surface area contributed by atoms with Gasteiger partial charge in [0.15, 0.2) is 9.84 Å². The number of sulfone groups is 1. The Hall–Kier alpha value is -1.44. The molecule has 0 bridgehead atoms. The van der Waals surface area contributed by atoms with Crippen LogP contribution in [0.5, 0.6) is 0 Å². The molecule has 1 aliphatic rings. The quantitative estimate of drug-likeness (QED) is 0.787. The summed E-state index contributed by atoms with van der Waals surface area (Å²) in [6, 6.07) is 10.3. The van der Waals surface area contributed by atoms with Crippen LogP contribution < -0.4 is 0 Å². The molecule has 1 N–H and O–H groups in total. The van der Waals surface area contributed by atoms with Crippen LogP contribution in [0.25, 0.3) is 0 Å². The molecule has 1 aromatic carbocycles. The summed E-state index contributed by atoms with van der Waals surface area (Å²) in [5.74, 6) is -2.14. The second-order valence-electron chi connectivity index (χ2n) is 5.94. The summed E-state index contributed by atoms with van der Waals surface area (Å²) in [6.45, 7) is 4.88. The molecule has 23 heavy (non-hydrogen) atoms. The van der Waals surface area contributed by atoms with Gasteiger partial charge in [0.25, 0.3) is 0 Å².